The van der Waals surface area contributed by atoms with E-state index in [2.05, 4.69) is 10.3 Å². The highest BCUT2D eigenvalue weighted by Gasteiger charge is 2.22. The molecule has 2 aromatic rings. The first kappa shape index (κ1) is 20.3. The first-order valence-electron chi connectivity index (χ1n) is 7.42. The van der Waals surface area contributed by atoms with Gasteiger partial charge in [-0.25, -0.2) is 0 Å². The van der Waals surface area contributed by atoms with E-state index in [1.54, 1.807) is 11.8 Å². The SMILES string of the molecule is CSCC[C@H](NC(=O)[C@@H](N)Cc1c[nH]c2ccccc12)C(N)=O.Cl. The summed E-state index contributed by atoms with van der Waals surface area (Å²) in [5.74, 6) is -0.155. The summed E-state index contributed by atoms with van der Waals surface area (Å²) in [6, 6.07) is 6.43. The number of primary amides is 1. The Morgan fingerprint density at radius 2 is 2.04 bits per heavy atom. The van der Waals surface area contributed by atoms with Gasteiger partial charge in [-0.05, 0) is 36.5 Å². The Morgan fingerprint density at radius 3 is 2.71 bits per heavy atom. The molecule has 0 unspecified atom stereocenters. The van der Waals surface area contributed by atoms with Crippen LogP contribution in [0.3, 0.4) is 0 Å². The number of fused-ring (bicyclic) bond motifs is 1. The van der Waals surface area contributed by atoms with Crippen LogP contribution in [0, 0.1) is 0 Å². The number of nitrogens with one attached hydrogen (secondary N) is 2. The molecule has 0 aliphatic heterocycles. The Hall–Kier alpha value is -1.70. The van der Waals surface area contributed by atoms with Crippen LogP contribution in [0.15, 0.2) is 30.5 Å². The molecule has 6 N–H and O–H groups in total. The predicted molar refractivity (Wildman–Crippen MR) is 101 cm³/mol. The number of rotatable bonds is 8. The van der Waals surface area contributed by atoms with Gasteiger partial charge in [0, 0.05) is 17.1 Å². The monoisotopic (exact) mass is 370 g/mol. The second-order valence-electron chi connectivity index (χ2n) is 5.42. The van der Waals surface area contributed by atoms with Crippen molar-refractivity contribution in [3.63, 3.8) is 0 Å². The van der Waals surface area contributed by atoms with E-state index in [1.165, 1.54) is 0 Å². The zero-order valence-corrected chi connectivity index (χ0v) is 15.1. The summed E-state index contributed by atoms with van der Waals surface area (Å²) in [4.78, 5) is 26.8. The van der Waals surface area contributed by atoms with Crippen molar-refractivity contribution in [2.45, 2.75) is 24.9 Å². The summed E-state index contributed by atoms with van der Waals surface area (Å²) in [7, 11) is 0. The average Bonchev–Trinajstić information content (AvgIpc) is 2.94. The first-order chi connectivity index (χ1) is 11.0. The fraction of sp³-hybridized carbons (Fsp3) is 0.375. The van der Waals surface area contributed by atoms with Crippen LogP contribution in [0.1, 0.15) is 12.0 Å². The predicted octanol–water partition coefficient (Wildman–Crippen LogP) is 1.18. The normalized spacial score (nSPS) is 13.1. The number of para-hydroxylation sites is 1. The van der Waals surface area contributed by atoms with Gasteiger partial charge in [0.15, 0.2) is 0 Å². The van der Waals surface area contributed by atoms with Crippen LogP contribution in [0.5, 0.6) is 0 Å². The van der Waals surface area contributed by atoms with Crippen LogP contribution in [0.4, 0.5) is 0 Å². The number of aromatic amines is 1. The second kappa shape index (κ2) is 9.56. The molecule has 1 aromatic heterocycles. The zero-order valence-electron chi connectivity index (χ0n) is 13.5. The Morgan fingerprint density at radius 1 is 1.33 bits per heavy atom. The van der Waals surface area contributed by atoms with Gasteiger partial charge >= 0.3 is 0 Å². The minimum atomic E-state index is -0.731. The molecule has 132 valence electrons. The molecule has 24 heavy (non-hydrogen) atoms. The van der Waals surface area contributed by atoms with Crippen molar-refractivity contribution < 1.29 is 9.59 Å². The molecule has 1 heterocycles. The van der Waals surface area contributed by atoms with Crippen LogP contribution in [0.2, 0.25) is 0 Å². The van der Waals surface area contributed by atoms with E-state index in [0.29, 0.717) is 12.8 Å². The summed E-state index contributed by atoms with van der Waals surface area (Å²) >= 11 is 1.59. The fourth-order valence-corrected chi connectivity index (χ4v) is 2.90. The molecule has 0 bridgehead atoms. The molecule has 0 saturated carbocycles. The van der Waals surface area contributed by atoms with Crippen LogP contribution in [-0.4, -0.2) is 40.9 Å². The number of aromatic nitrogens is 1. The van der Waals surface area contributed by atoms with Gasteiger partial charge in [-0.2, -0.15) is 11.8 Å². The molecule has 8 heteroatoms. The second-order valence-corrected chi connectivity index (χ2v) is 6.40. The highest BCUT2D eigenvalue weighted by Crippen LogP contribution is 2.18. The molecule has 1 aromatic carbocycles. The maximum absolute atomic E-state index is 12.2. The number of thioether (sulfide) groups is 1. The summed E-state index contributed by atoms with van der Waals surface area (Å²) in [6.07, 6.45) is 4.69. The number of carbonyl (C=O) groups is 2. The minimum Gasteiger partial charge on any atom is -0.368 e. The average molecular weight is 371 g/mol. The standard InChI is InChI=1S/C16H22N4O2S.ClH/c1-23-7-6-14(15(18)21)20-16(22)12(17)8-10-9-19-13-5-3-2-4-11(10)13;/h2-5,9,12,14,19H,6-8,17H2,1H3,(H2,18,21)(H,20,22);1H/t12-,14-;/m0./s1. The highest BCUT2D eigenvalue weighted by atomic mass is 35.5. The Balaban J connectivity index is 0.00000288. The summed E-state index contributed by atoms with van der Waals surface area (Å²) in [5.41, 5.74) is 13.3. The van der Waals surface area contributed by atoms with Gasteiger partial charge < -0.3 is 21.8 Å². The molecule has 2 atom stereocenters. The van der Waals surface area contributed by atoms with E-state index in [0.717, 1.165) is 22.2 Å². The number of amides is 2. The first-order valence-corrected chi connectivity index (χ1v) is 8.81. The molecule has 0 spiro atoms. The van der Waals surface area contributed by atoms with Crippen LogP contribution < -0.4 is 16.8 Å². The van der Waals surface area contributed by atoms with E-state index in [9.17, 15) is 9.59 Å². The van der Waals surface area contributed by atoms with E-state index in [-0.39, 0.29) is 18.3 Å². The minimum absolute atomic E-state index is 0. The van der Waals surface area contributed by atoms with E-state index in [4.69, 9.17) is 11.5 Å². The van der Waals surface area contributed by atoms with Crippen molar-refractivity contribution in [2.24, 2.45) is 11.5 Å². The van der Waals surface area contributed by atoms with Crippen molar-refractivity contribution >= 4 is 46.9 Å². The van der Waals surface area contributed by atoms with Gasteiger partial charge in [0.05, 0.1) is 6.04 Å². The molecule has 6 nitrogen and oxygen atoms in total. The maximum Gasteiger partial charge on any atom is 0.240 e. The quantitative estimate of drug-likeness (QED) is 0.558. The number of H-pyrrole nitrogens is 1. The fourth-order valence-electron chi connectivity index (χ4n) is 2.43. The lowest BCUT2D eigenvalue weighted by Crippen LogP contribution is -2.51. The topological polar surface area (TPSA) is 114 Å². The Bertz CT molecular complexity index is 692. The lowest BCUT2D eigenvalue weighted by atomic mass is 10.0. The van der Waals surface area contributed by atoms with E-state index < -0.39 is 18.0 Å². The van der Waals surface area contributed by atoms with Crippen molar-refractivity contribution in [2.75, 3.05) is 12.0 Å². The largest absolute Gasteiger partial charge is 0.368 e. The molecular formula is C16H23ClN4O2S. The third-order valence-electron chi connectivity index (χ3n) is 3.72. The summed E-state index contributed by atoms with van der Waals surface area (Å²) < 4.78 is 0. The third-order valence-corrected chi connectivity index (χ3v) is 4.37. The van der Waals surface area contributed by atoms with Crippen molar-refractivity contribution in [1.82, 2.24) is 10.3 Å². The molecule has 2 rings (SSSR count). The van der Waals surface area contributed by atoms with Crippen LogP contribution in [-0.2, 0) is 16.0 Å². The summed E-state index contributed by atoms with van der Waals surface area (Å²) in [5, 5.41) is 3.70. The maximum atomic E-state index is 12.2. The lowest BCUT2D eigenvalue weighted by molar-refractivity contribution is -0.128. The van der Waals surface area contributed by atoms with E-state index in [1.807, 2.05) is 36.7 Å². The van der Waals surface area contributed by atoms with Crippen LogP contribution in [0.25, 0.3) is 10.9 Å². The molecule has 0 aliphatic carbocycles. The van der Waals surface area contributed by atoms with Crippen LogP contribution >= 0.6 is 24.2 Å². The lowest BCUT2D eigenvalue weighted by Gasteiger charge is -2.18. The van der Waals surface area contributed by atoms with E-state index >= 15 is 0 Å². The van der Waals surface area contributed by atoms with Gasteiger partial charge in [-0.3, -0.25) is 9.59 Å². The van der Waals surface area contributed by atoms with Gasteiger partial charge in [-0.15, -0.1) is 12.4 Å². The van der Waals surface area contributed by atoms with Crippen molar-refractivity contribution in [3.8, 4) is 0 Å². The molecular weight excluding hydrogens is 348 g/mol. The number of hydrogen-bond acceptors (Lipinski definition) is 4. The van der Waals surface area contributed by atoms with Crippen molar-refractivity contribution in [1.29, 1.82) is 0 Å². The van der Waals surface area contributed by atoms with Gasteiger partial charge in [0.2, 0.25) is 11.8 Å². The number of benzene rings is 1. The number of hydrogen-bond donors (Lipinski definition) is 4. The molecule has 0 fully saturated rings. The molecule has 0 aliphatic rings. The highest BCUT2D eigenvalue weighted by molar-refractivity contribution is 7.98. The number of nitrogens with two attached hydrogens (primary N) is 2. The van der Waals surface area contributed by atoms with Gasteiger partial charge in [-0.1, -0.05) is 18.2 Å². The summed E-state index contributed by atoms with van der Waals surface area (Å²) in [6.45, 7) is 0. The Labute approximate surface area is 151 Å². The molecule has 0 saturated heterocycles. The van der Waals surface area contributed by atoms with Crippen molar-refractivity contribution in [3.05, 3.63) is 36.0 Å². The van der Waals surface area contributed by atoms with Gasteiger partial charge in [0.1, 0.15) is 6.04 Å². The smallest absolute Gasteiger partial charge is 0.240 e. The number of halogens is 1. The Kier molecular flexibility index (Phi) is 8.10. The molecule has 0 radical (unpaired) electrons. The zero-order chi connectivity index (χ0) is 16.8. The molecule has 2 amide bonds. The number of carbonyl (C=O) groups excluding carboxylic acids is 2. The van der Waals surface area contributed by atoms with Gasteiger partial charge in [0.25, 0.3) is 0 Å². The third kappa shape index (κ3) is 5.15.